The highest BCUT2D eigenvalue weighted by molar-refractivity contribution is 7.99. The summed E-state index contributed by atoms with van der Waals surface area (Å²) in [6.07, 6.45) is -4.24. The molecule has 20 heavy (non-hydrogen) atoms. The Morgan fingerprint density at radius 3 is 2.40 bits per heavy atom. The van der Waals surface area contributed by atoms with Gasteiger partial charge in [-0.2, -0.15) is 13.2 Å². The summed E-state index contributed by atoms with van der Waals surface area (Å²) in [5.41, 5.74) is 1.19. The number of rotatable bonds is 8. The maximum atomic E-state index is 11.8. The van der Waals surface area contributed by atoms with E-state index in [2.05, 4.69) is 23.9 Å². The Labute approximate surface area is 122 Å². The van der Waals surface area contributed by atoms with Gasteiger partial charge in [-0.1, -0.05) is 26.0 Å². The van der Waals surface area contributed by atoms with E-state index in [1.165, 1.54) is 17.3 Å². The Kier molecular flexibility index (Phi) is 7.40. The Bertz CT molecular complexity index is 379. The van der Waals surface area contributed by atoms with E-state index in [1.54, 1.807) is 0 Å². The van der Waals surface area contributed by atoms with E-state index in [9.17, 15) is 13.2 Å². The van der Waals surface area contributed by atoms with E-state index in [4.69, 9.17) is 0 Å². The van der Waals surface area contributed by atoms with Crippen LogP contribution in [0.25, 0.3) is 0 Å². The first-order valence-corrected chi connectivity index (χ1v) is 7.45. The maximum absolute atomic E-state index is 11.8. The van der Waals surface area contributed by atoms with E-state index in [-0.39, 0.29) is 6.61 Å². The van der Waals surface area contributed by atoms with Gasteiger partial charge in [0, 0.05) is 23.2 Å². The monoisotopic (exact) mass is 307 g/mol. The zero-order valence-corrected chi connectivity index (χ0v) is 12.5. The molecule has 114 valence electrons. The molecule has 0 bridgehead atoms. The van der Waals surface area contributed by atoms with Gasteiger partial charge in [-0.15, -0.1) is 11.8 Å². The van der Waals surface area contributed by atoms with Gasteiger partial charge in [-0.3, -0.25) is 0 Å². The van der Waals surface area contributed by atoms with E-state index < -0.39 is 12.8 Å². The first-order valence-electron chi connectivity index (χ1n) is 6.46. The summed E-state index contributed by atoms with van der Waals surface area (Å²) in [4.78, 5) is 1.04. The zero-order chi connectivity index (χ0) is 15.0. The van der Waals surface area contributed by atoms with E-state index in [0.29, 0.717) is 11.8 Å². The van der Waals surface area contributed by atoms with Crippen LogP contribution in [-0.4, -0.2) is 31.2 Å². The molecule has 6 heteroatoms. The predicted octanol–water partition coefficient (Wildman–Crippen LogP) is 3.86. The highest BCUT2D eigenvalue weighted by Crippen LogP contribution is 2.19. The number of nitrogens with one attached hydrogen (secondary N) is 1. The van der Waals surface area contributed by atoms with Crippen LogP contribution in [0, 0.1) is 0 Å². The fraction of sp³-hybridized carbons (Fsp3) is 0.571. The predicted molar refractivity (Wildman–Crippen MR) is 76.0 cm³/mol. The van der Waals surface area contributed by atoms with Crippen LogP contribution in [-0.2, 0) is 11.3 Å². The molecular weight excluding hydrogens is 287 g/mol. The molecule has 0 heterocycles. The highest BCUT2D eigenvalue weighted by Gasteiger charge is 2.27. The molecule has 0 unspecified atom stereocenters. The van der Waals surface area contributed by atoms with Crippen LogP contribution in [0.5, 0.6) is 0 Å². The van der Waals surface area contributed by atoms with Crippen LogP contribution in [0.1, 0.15) is 19.4 Å². The summed E-state index contributed by atoms with van der Waals surface area (Å²) in [6.45, 7) is 3.92. The smallest absolute Gasteiger partial charge is 0.371 e. The van der Waals surface area contributed by atoms with Gasteiger partial charge in [0.2, 0.25) is 0 Å². The third kappa shape index (κ3) is 8.45. The minimum Gasteiger partial charge on any atom is -0.371 e. The summed E-state index contributed by atoms with van der Waals surface area (Å²) in [6, 6.07) is 8.44. The first kappa shape index (κ1) is 17.3. The summed E-state index contributed by atoms with van der Waals surface area (Å²) in [5, 5.41) is 3.32. The second kappa shape index (κ2) is 8.54. The topological polar surface area (TPSA) is 21.3 Å². The van der Waals surface area contributed by atoms with Crippen LogP contribution in [0.4, 0.5) is 13.2 Å². The van der Waals surface area contributed by atoms with Crippen LogP contribution >= 0.6 is 11.8 Å². The molecule has 1 rings (SSSR count). The molecule has 0 spiro atoms. The van der Waals surface area contributed by atoms with Crippen molar-refractivity contribution in [2.45, 2.75) is 37.5 Å². The normalized spacial score (nSPS) is 12.1. The highest BCUT2D eigenvalue weighted by atomic mass is 32.2. The first-order chi connectivity index (χ1) is 9.37. The molecule has 2 nitrogen and oxygen atoms in total. The molecule has 0 saturated carbocycles. The number of ether oxygens (including phenoxy) is 1. The quantitative estimate of drug-likeness (QED) is 0.582. The third-order valence-electron chi connectivity index (χ3n) is 2.40. The molecule has 1 aromatic rings. The molecule has 0 radical (unpaired) electrons. The van der Waals surface area contributed by atoms with Gasteiger partial charge < -0.3 is 10.1 Å². The van der Waals surface area contributed by atoms with Crippen molar-refractivity contribution in [2.75, 3.05) is 19.0 Å². The Morgan fingerprint density at radius 1 is 1.20 bits per heavy atom. The van der Waals surface area contributed by atoms with Crippen molar-refractivity contribution < 1.29 is 17.9 Å². The van der Waals surface area contributed by atoms with Crippen molar-refractivity contribution in [3.8, 4) is 0 Å². The Morgan fingerprint density at radius 2 is 1.85 bits per heavy atom. The molecule has 0 aromatic heterocycles. The second-order valence-corrected chi connectivity index (χ2v) is 5.86. The fourth-order valence-corrected chi connectivity index (χ4v) is 2.20. The van der Waals surface area contributed by atoms with Crippen LogP contribution in [0.3, 0.4) is 0 Å². The summed E-state index contributed by atoms with van der Waals surface area (Å²) >= 11 is 1.49. The van der Waals surface area contributed by atoms with E-state index >= 15 is 0 Å². The lowest BCUT2D eigenvalue weighted by atomic mass is 10.2. The molecule has 0 aliphatic carbocycles. The van der Waals surface area contributed by atoms with Gasteiger partial charge in [0.05, 0.1) is 6.61 Å². The number of alkyl halides is 3. The molecule has 0 atom stereocenters. The maximum Gasteiger partial charge on any atom is 0.411 e. The van der Waals surface area contributed by atoms with Gasteiger partial charge >= 0.3 is 6.18 Å². The lowest BCUT2D eigenvalue weighted by Gasteiger charge is -2.09. The van der Waals surface area contributed by atoms with Gasteiger partial charge in [0.1, 0.15) is 6.61 Å². The summed E-state index contributed by atoms with van der Waals surface area (Å²) < 4.78 is 40.1. The average molecular weight is 307 g/mol. The van der Waals surface area contributed by atoms with Crippen molar-refractivity contribution in [3.63, 3.8) is 0 Å². The third-order valence-corrected chi connectivity index (χ3v) is 3.38. The molecule has 0 amide bonds. The zero-order valence-electron chi connectivity index (χ0n) is 11.7. The second-order valence-electron chi connectivity index (χ2n) is 4.70. The number of halogens is 3. The van der Waals surface area contributed by atoms with Gasteiger partial charge in [-0.05, 0) is 17.7 Å². The number of benzene rings is 1. The molecule has 1 aromatic carbocycles. The van der Waals surface area contributed by atoms with Crippen molar-refractivity contribution in [2.24, 2.45) is 0 Å². The minimum absolute atomic E-state index is 0.0980. The van der Waals surface area contributed by atoms with Crippen molar-refractivity contribution >= 4 is 11.8 Å². The largest absolute Gasteiger partial charge is 0.411 e. The number of hydrogen-bond donors (Lipinski definition) is 1. The van der Waals surface area contributed by atoms with Crippen LogP contribution in [0.2, 0.25) is 0 Å². The van der Waals surface area contributed by atoms with E-state index in [0.717, 1.165) is 11.4 Å². The van der Waals surface area contributed by atoms with Crippen molar-refractivity contribution in [1.29, 1.82) is 0 Å². The minimum atomic E-state index is -4.24. The lowest BCUT2D eigenvalue weighted by Crippen LogP contribution is -2.21. The summed E-state index contributed by atoms with van der Waals surface area (Å²) in [7, 11) is 0. The van der Waals surface area contributed by atoms with E-state index in [1.807, 2.05) is 24.3 Å². The van der Waals surface area contributed by atoms with Crippen molar-refractivity contribution in [3.05, 3.63) is 29.8 Å². The molecule has 0 saturated heterocycles. The Hall–Kier alpha value is -0.720. The number of thioether (sulfide) groups is 1. The fourth-order valence-electron chi connectivity index (χ4n) is 1.43. The number of hydrogen-bond acceptors (Lipinski definition) is 3. The van der Waals surface area contributed by atoms with Crippen molar-refractivity contribution in [1.82, 2.24) is 5.32 Å². The molecule has 0 aliphatic heterocycles. The lowest BCUT2D eigenvalue weighted by molar-refractivity contribution is -0.172. The molecule has 1 N–H and O–H groups in total. The van der Waals surface area contributed by atoms with Gasteiger partial charge in [0.15, 0.2) is 0 Å². The van der Waals surface area contributed by atoms with Gasteiger partial charge in [0.25, 0.3) is 0 Å². The van der Waals surface area contributed by atoms with Crippen LogP contribution in [0.15, 0.2) is 29.2 Å². The molecular formula is C14H20F3NOS. The summed E-state index contributed by atoms with van der Waals surface area (Å²) in [5.74, 6) is 0.514. The molecule has 0 fully saturated rings. The molecule has 0 aliphatic rings. The van der Waals surface area contributed by atoms with Crippen LogP contribution < -0.4 is 5.32 Å². The standard InChI is InChI=1S/C14H20F3NOS/c1-11(2)18-9-12-3-5-13(6-4-12)20-8-7-19-10-14(15,16)17/h3-6,11,18H,7-10H2,1-2H3. The Balaban J connectivity index is 2.21. The SMILES string of the molecule is CC(C)NCc1ccc(SCCOCC(F)(F)F)cc1. The average Bonchev–Trinajstić information content (AvgIpc) is 2.36. The van der Waals surface area contributed by atoms with Gasteiger partial charge in [-0.25, -0.2) is 0 Å².